The van der Waals surface area contributed by atoms with Gasteiger partial charge in [-0.1, -0.05) is 41.4 Å². The Morgan fingerprint density at radius 3 is 2.72 bits per heavy atom. The van der Waals surface area contributed by atoms with E-state index in [-0.39, 0.29) is 30.8 Å². The van der Waals surface area contributed by atoms with Crippen LogP contribution in [0.2, 0.25) is 10.0 Å². The van der Waals surface area contributed by atoms with E-state index in [2.05, 4.69) is 17.5 Å². The number of aliphatic hydroxyl groups is 1. The highest BCUT2D eigenvalue weighted by atomic mass is 35.5. The molecule has 0 radical (unpaired) electrons. The molecule has 0 amide bonds. The van der Waals surface area contributed by atoms with E-state index >= 15 is 0 Å². The highest BCUT2D eigenvalue weighted by Crippen LogP contribution is 2.45. The fourth-order valence-corrected chi connectivity index (χ4v) is 5.49. The fraction of sp³-hybridized carbons (Fsp3) is 0.556. The van der Waals surface area contributed by atoms with Crippen LogP contribution in [0.4, 0.5) is 0 Å². The van der Waals surface area contributed by atoms with Crippen LogP contribution in [-0.4, -0.2) is 35.0 Å². The third kappa shape index (κ3) is 7.05. The summed E-state index contributed by atoms with van der Waals surface area (Å²) in [5, 5.41) is 14.3. The van der Waals surface area contributed by atoms with Gasteiger partial charge in [0.1, 0.15) is 0 Å². The minimum Gasteiger partial charge on any atom is -0.391 e. The van der Waals surface area contributed by atoms with Gasteiger partial charge in [0.15, 0.2) is 0 Å². The van der Waals surface area contributed by atoms with E-state index in [1.807, 2.05) is 13.0 Å². The van der Waals surface area contributed by atoms with Crippen LogP contribution >= 0.6 is 30.6 Å². The highest BCUT2D eigenvalue weighted by Gasteiger charge is 2.27. The largest absolute Gasteiger partial charge is 0.391 e. The molecular weight excluding hydrogens is 380 g/mol. The predicted molar refractivity (Wildman–Crippen MR) is 105 cm³/mol. The first-order valence-electron chi connectivity index (χ1n) is 8.59. The van der Waals surface area contributed by atoms with Crippen molar-refractivity contribution in [3.63, 3.8) is 0 Å². The summed E-state index contributed by atoms with van der Waals surface area (Å²) < 4.78 is 12.4. The van der Waals surface area contributed by atoms with Gasteiger partial charge in [-0.15, -0.1) is 0 Å². The molecule has 0 heterocycles. The predicted octanol–water partition coefficient (Wildman–Crippen LogP) is 4.63. The number of aliphatic hydroxyl groups excluding tert-OH is 1. The van der Waals surface area contributed by atoms with Crippen molar-refractivity contribution in [3.8, 4) is 0 Å². The minimum atomic E-state index is -3.33. The number of benzene rings is 1. The van der Waals surface area contributed by atoms with E-state index in [9.17, 15) is 14.6 Å². The Morgan fingerprint density at radius 2 is 2.08 bits per heavy atom. The van der Waals surface area contributed by atoms with Crippen LogP contribution in [-0.2, 0) is 4.57 Å². The van der Waals surface area contributed by atoms with Crippen LogP contribution in [0.1, 0.15) is 37.8 Å². The summed E-state index contributed by atoms with van der Waals surface area (Å²) in [6.07, 6.45) is 6.31. The van der Waals surface area contributed by atoms with E-state index in [1.54, 1.807) is 12.1 Å². The number of hydrogen-bond donors (Lipinski definition) is 3. The van der Waals surface area contributed by atoms with Gasteiger partial charge >= 0.3 is 0 Å². The van der Waals surface area contributed by atoms with Crippen LogP contribution in [0.25, 0.3) is 0 Å². The maximum absolute atomic E-state index is 12.4. The lowest BCUT2D eigenvalue weighted by Crippen LogP contribution is -2.32. The molecule has 0 spiro atoms. The molecule has 1 aliphatic rings. The molecule has 2 rings (SSSR count). The molecule has 0 saturated heterocycles. The molecular formula is C18H26Cl2NO3P. The van der Waals surface area contributed by atoms with Gasteiger partial charge in [0, 0.05) is 18.7 Å². The summed E-state index contributed by atoms with van der Waals surface area (Å²) in [7, 11) is -3.33. The van der Waals surface area contributed by atoms with Crippen LogP contribution < -0.4 is 5.32 Å². The summed E-state index contributed by atoms with van der Waals surface area (Å²) in [6.45, 7) is 2.19. The van der Waals surface area contributed by atoms with Crippen LogP contribution in [0.15, 0.2) is 30.4 Å². The molecule has 2 unspecified atom stereocenters. The van der Waals surface area contributed by atoms with Crippen molar-refractivity contribution in [2.45, 2.75) is 38.3 Å². The lowest BCUT2D eigenvalue weighted by molar-refractivity contribution is 0.186. The second-order valence-electron chi connectivity index (χ2n) is 6.82. The molecule has 0 aliphatic heterocycles. The Bertz CT molecular complexity index is 653. The molecule has 0 fully saturated rings. The summed E-state index contributed by atoms with van der Waals surface area (Å²) in [6, 6.07) is 5.33. The van der Waals surface area contributed by atoms with Crippen molar-refractivity contribution in [2.24, 2.45) is 5.92 Å². The standard InChI is InChI=1S/C18H26Cl2NO3P/c1-13(15-7-8-17(19)18(20)9-15)21-10-16(22)12-25(23,24)11-14-5-3-2-4-6-14/h2-3,7-9,13-14,16,21-22H,4-6,10-12H2,1H3,(H,23,24)/t13-,14?,16+/m0/s1. The first kappa shape index (κ1) is 21.0. The molecule has 1 aromatic rings. The molecule has 1 aliphatic carbocycles. The van der Waals surface area contributed by atoms with E-state index < -0.39 is 13.5 Å². The third-order valence-corrected chi connectivity index (χ3v) is 7.34. The number of allylic oxidation sites excluding steroid dienone is 2. The average Bonchev–Trinajstić information content (AvgIpc) is 2.55. The Morgan fingerprint density at radius 1 is 1.32 bits per heavy atom. The fourth-order valence-electron chi connectivity index (χ4n) is 3.11. The van der Waals surface area contributed by atoms with E-state index in [1.165, 1.54) is 0 Å². The lowest BCUT2D eigenvalue weighted by Gasteiger charge is -2.23. The molecule has 1 aromatic carbocycles. The first-order chi connectivity index (χ1) is 11.8. The van der Waals surface area contributed by atoms with Gasteiger partial charge in [0.05, 0.1) is 22.3 Å². The quantitative estimate of drug-likeness (QED) is 0.435. The zero-order valence-electron chi connectivity index (χ0n) is 14.4. The topological polar surface area (TPSA) is 69.6 Å². The van der Waals surface area contributed by atoms with Crippen molar-refractivity contribution in [1.82, 2.24) is 5.32 Å². The molecule has 4 nitrogen and oxygen atoms in total. The smallest absolute Gasteiger partial charge is 0.203 e. The Hall–Kier alpha value is -0.350. The zero-order valence-corrected chi connectivity index (χ0v) is 16.8. The van der Waals surface area contributed by atoms with Gasteiger partial charge in [0.25, 0.3) is 0 Å². The molecule has 140 valence electrons. The highest BCUT2D eigenvalue weighted by molar-refractivity contribution is 7.58. The van der Waals surface area contributed by atoms with Crippen LogP contribution in [0.3, 0.4) is 0 Å². The summed E-state index contributed by atoms with van der Waals surface area (Å²) in [5.74, 6) is 0.246. The Balaban J connectivity index is 1.80. The first-order valence-corrected chi connectivity index (χ1v) is 11.4. The molecule has 0 saturated carbocycles. The monoisotopic (exact) mass is 405 g/mol. The van der Waals surface area contributed by atoms with E-state index in [0.717, 1.165) is 24.8 Å². The second kappa shape index (κ2) is 9.55. The lowest BCUT2D eigenvalue weighted by atomic mass is 9.96. The Labute approximate surface area is 159 Å². The normalized spacial score (nSPS) is 22.4. The molecule has 3 N–H and O–H groups in total. The van der Waals surface area contributed by atoms with Gasteiger partial charge in [-0.3, -0.25) is 4.57 Å². The molecule has 4 atom stereocenters. The van der Waals surface area contributed by atoms with Gasteiger partial charge in [0.2, 0.25) is 7.37 Å². The minimum absolute atomic E-state index is 0.0500. The number of halogens is 2. The second-order valence-corrected chi connectivity index (χ2v) is 10.1. The average molecular weight is 406 g/mol. The molecule has 0 bridgehead atoms. The molecule has 25 heavy (non-hydrogen) atoms. The number of rotatable bonds is 8. The summed E-state index contributed by atoms with van der Waals surface area (Å²) in [5.41, 5.74) is 0.947. The van der Waals surface area contributed by atoms with Gasteiger partial charge < -0.3 is 15.3 Å². The van der Waals surface area contributed by atoms with Crippen molar-refractivity contribution in [1.29, 1.82) is 0 Å². The maximum Gasteiger partial charge on any atom is 0.203 e. The zero-order chi connectivity index (χ0) is 18.4. The van der Waals surface area contributed by atoms with Crippen molar-refractivity contribution < 1.29 is 14.6 Å². The van der Waals surface area contributed by atoms with Gasteiger partial charge in [-0.2, -0.15) is 0 Å². The van der Waals surface area contributed by atoms with Crippen molar-refractivity contribution in [3.05, 3.63) is 46.0 Å². The summed E-state index contributed by atoms with van der Waals surface area (Å²) in [4.78, 5) is 10.2. The van der Waals surface area contributed by atoms with Crippen molar-refractivity contribution >= 4 is 30.6 Å². The maximum atomic E-state index is 12.4. The van der Waals surface area contributed by atoms with Gasteiger partial charge in [-0.25, -0.2) is 0 Å². The van der Waals surface area contributed by atoms with Crippen LogP contribution in [0, 0.1) is 5.92 Å². The van der Waals surface area contributed by atoms with E-state index in [4.69, 9.17) is 23.2 Å². The Kier molecular flexibility index (Phi) is 8.00. The SMILES string of the molecule is C[C@H](NC[C@@H](O)CP(=O)(O)CC1CC=CCC1)c1ccc(Cl)c(Cl)c1. The van der Waals surface area contributed by atoms with Crippen molar-refractivity contribution in [2.75, 3.05) is 18.9 Å². The molecule has 0 aromatic heterocycles. The van der Waals surface area contributed by atoms with Gasteiger partial charge in [-0.05, 0) is 49.8 Å². The third-order valence-electron chi connectivity index (χ3n) is 4.52. The van der Waals surface area contributed by atoms with Crippen LogP contribution in [0.5, 0.6) is 0 Å². The molecule has 7 heteroatoms. The summed E-state index contributed by atoms with van der Waals surface area (Å²) >= 11 is 11.9. The number of nitrogens with one attached hydrogen (secondary N) is 1. The van der Waals surface area contributed by atoms with E-state index in [0.29, 0.717) is 10.0 Å². The number of hydrogen-bond acceptors (Lipinski definition) is 3.